The van der Waals surface area contributed by atoms with Crippen LogP contribution < -0.4 is 15.0 Å². The Bertz CT molecular complexity index is 1010. The number of hydrogen-bond donors (Lipinski definition) is 1. The zero-order valence-corrected chi connectivity index (χ0v) is 15.7. The number of carbonyl (C=O) groups is 2. The molecule has 12 heteroatoms. The van der Waals surface area contributed by atoms with Crippen molar-refractivity contribution < 1.29 is 32.4 Å². The van der Waals surface area contributed by atoms with Crippen LogP contribution in [0.15, 0.2) is 42.5 Å². The Balaban J connectivity index is 1.90. The Kier molecular flexibility index (Phi) is 5.83. The van der Waals surface area contributed by atoms with E-state index in [2.05, 4.69) is 5.32 Å². The third kappa shape index (κ3) is 4.46. The highest BCUT2D eigenvalue weighted by Crippen LogP contribution is 2.38. The number of nitrogens with one attached hydrogen (secondary N) is 1. The van der Waals surface area contributed by atoms with E-state index in [0.29, 0.717) is 4.90 Å². The lowest BCUT2D eigenvalue weighted by Crippen LogP contribution is -2.51. The lowest BCUT2D eigenvalue weighted by Gasteiger charge is -2.31. The molecule has 0 unspecified atom stereocenters. The van der Waals surface area contributed by atoms with Crippen molar-refractivity contribution in [2.75, 3.05) is 16.8 Å². The van der Waals surface area contributed by atoms with Gasteiger partial charge in [-0.15, -0.1) is 0 Å². The van der Waals surface area contributed by atoms with Crippen molar-refractivity contribution in [2.24, 2.45) is 0 Å². The number of non-ortho nitro benzene ring substituents is 1. The van der Waals surface area contributed by atoms with E-state index in [4.69, 9.17) is 16.3 Å². The van der Waals surface area contributed by atoms with Gasteiger partial charge in [0, 0.05) is 12.1 Å². The Labute approximate surface area is 172 Å². The van der Waals surface area contributed by atoms with Crippen molar-refractivity contribution in [3.05, 3.63) is 57.6 Å². The number of ether oxygens (including phenoxy) is 1. The molecule has 2 amide bonds. The Morgan fingerprint density at radius 1 is 1.30 bits per heavy atom. The van der Waals surface area contributed by atoms with Gasteiger partial charge in [-0.25, -0.2) is 0 Å². The number of para-hydroxylation sites is 2. The number of nitro benzene ring substituents is 1. The maximum Gasteiger partial charge on any atom is 0.409 e. The van der Waals surface area contributed by atoms with E-state index in [1.807, 2.05) is 0 Å². The van der Waals surface area contributed by atoms with Gasteiger partial charge in [0.1, 0.15) is 11.8 Å². The highest BCUT2D eigenvalue weighted by atomic mass is 35.5. The van der Waals surface area contributed by atoms with Crippen molar-refractivity contribution in [1.82, 2.24) is 0 Å². The highest BCUT2D eigenvalue weighted by Gasteiger charge is 2.49. The summed E-state index contributed by atoms with van der Waals surface area (Å²) in [5.74, 6) is -2.08. The van der Waals surface area contributed by atoms with E-state index in [9.17, 15) is 32.9 Å². The maximum absolute atomic E-state index is 13.6. The minimum atomic E-state index is -4.88. The lowest BCUT2D eigenvalue weighted by atomic mass is 10.1. The quantitative estimate of drug-likeness (QED) is 0.569. The molecule has 0 aromatic heterocycles. The van der Waals surface area contributed by atoms with Gasteiger partial charge in [0.2, 0.25) is 5.91 Å². The van der Waals surface area contributed by atoms with Gasteiger partial charge >= 0.3 is 6.18 Å². The highest BCUT2D eigenvalue weighted by molar-refractivity contribution is 6.32. The van der Waals surface area contributed by atoms with Crippen molar-refractivity contribution in [1.29, 1.82) is 0 Å². The molecule has 2 aromatic rings. The summed E-state index contributed by atoms with van der Waals surface area (Å²) in [7, 11) is 0. The number of carbonyl (C=O) groups excluding carboxylic acids is 2. The van der Waals surface area contributed by atoms with Gasteiger partial charge in [-0.2, -0.15) is 13.2 Å². The molecule has 1 atom stereocenters. The van der Waals surface area contributed by atoms with E-state index >= 15 is 0 Å². The number of fused-ring (bicyclic) bond motifs is 1. The molecule has 2 aromatic carbocycles. The Morgan fingerprint density at radius 2 is 2.00 bits per heavy atom. The van der Waals surface area contributed by atoms with Crippen LogP contribution in [0.25, 0.3) is 0 Å². The molecular weight excluding hydrogens is 431 g/mol. The third-order valence-corrected chi connectivity index (χ3v) is 4.55. The third-order valence-electron chi connectivity index (χ3n) is 4.25. The molecule has 0 saturated heterocycles. The minimum absolute atomic E-state index is 0.0518. The monoisotopic (exact) mass is 443 g/mol. The smallest absolute Gasteiger partial charge is 0.409 e. The zero-order valence-electron chi connectivity index (χ0n) is 15.0. The maximum atomic E-state index is 13.6. The van der Waals surface area contributed by atoms with Crippen molar-refractivity contribution in [3.63, 3.8) is 0 Å². The first-order valence-electron chi connectivity index (χ1n) is 8.42. The fourth-order valence-electron chi connectivity index (χ4n) is 2.93. The SMILES string of the molecule is O=C1C[C@H](C(F)(F)F)N(C(=O)COc2ccc([N+](=O)[O-])cc2Cl)c2ccccc2N1. The van der Waals surface area contributed by atoms with Gasteiger partial charge in [-0.05, 0) is 18.2 Å². The van der Waals surface area contributed by atoms with Crippen LogP contribution in [0, 0.1) is 10.1 Å². The summed E-state index contributed by atoms with van der Waals surface area (Å²) in [6, 6.07) is 6.39. The molecule has 8 nitrogen and oxygen atoms in total. The molecule has 1 N–H and O–H groups in total. The van der Waals surface area contributed by atoms with E-state index in [1.54, 1.807) is 0 Å². The standard InChI is InChI=1S/C18H13ClF3N3O5/c19-11-7-10(25(28)29)5-6-14(11)30-9-17(27)24-13-4-2-1-3-12(13)23-16(26)8-15(24)18(20,21)22/h1-7,15H,8-9H2,(H,23,26)/t15-/m1/s1. The number of nitrogens with zero attached hydrogens (tertiary/aromatic N) is 2. The fraction of sp³-hybridized carbons (Fsp3) is 0.222. The van der Waals surface area contributed by atoms with E-state index < -0.39 is 42.0 Å². The molecule has 1 aliphatic heterocycles. The number of halogens is 4. The lowest BCUT2D eigenvalue weighted by molar-refractivity contribution is -0.384. The van der Waals surface area contributed by atoms with Crippen molar-refractivity contribution in [2.45, 2.75) is 18.6 Å². The van der Waals surface area contributed by atoms with Gasteiger partial charge < -0.3 is 10.1 Å². The first-order chi connectivity index (χ1) is 14.1. The number of nitro groups is 1. The molecule has 0 radical (unpaired) electrons. The Hall–Kier alpha value is -3.34. The predicted molar refractivity (Wildman–Crippen MR) is 101 cm³/mol. The minimum Gasteiger partial charge on any atom is -0.482 e. The summed E-state index contributed by atoms with van der Waals surface area (Å²) in [5, 5.41) is 12.9. The largest absolute Gasteiger partial charge is 0.482 e. The fourth-order valence-corrected chi connectivity index (χ4v) is 3.15. The van der Waals surface area contributed by atoms with Crippen LogP contribution in [0.1, 0.15) is 6.42 Å². The van der Waals surface area contributed by atoms with Gasteiger partial charge in [-0.1, -0.05) is 23.7 Å². The molecule has 158 valence electrons. The molecule has 0 saturated carbocycles. The topological polar surface area (TPSA) is 102 Å². The molecule has 30 heavy (non-hydrogen) atoms. The van der Waals surface area contributed by atoms with E-state index in [1.165, 1.54) is 24.3 Å². The summed E-state index contributed by atoms with van der Waals surface area (Å²) >= 11 is 5.88. The number of amides is 2. The summed E-state index contributed by atoms with van der Waals surface area (Å²) in [6.07, 6.45) is -5.86. The van der Waals surface area contributed by atoms with Crippen LogP contribution in [-0.2, 0) is 9.59 Å². The number of rotatable bonds is 4. The average molecular weight is 444 g/mol. The molecule has 3 rings (SSSR count). The van der Waals surface area contributed by atoms with Crippen LogP contribution in [0.4, 0.5) is 30.2 Å². The zero-order chi connectivity index (χ0) is 22.1. The first-order valence-corrected chi connectivity index (χ1v) is 8.80. The van der Waals surface area contributed by atoms with Crippen molar-refractivity contribution >= 4 is 40.5 Å². The number of anilines is 2. The van der Waals surface area contributed by atoms with Crippen LogP contribution in [0.3, 0.4) is 0 Å². The molecule has 0 aliphatic carbocycles. The molecule has 1 aliphatic rings. The first kappa shape index (κ1) is 21.4. The van der Waals surface area contributed by atoms with Crippen molar-refractivity contribution in [3.8, 4) is 5.75 Å². The Morgan fingerprint density at radius 3 is 2.63 bits per heavy atom. The molecule has 0 spiro atoms. The molecule has 1 heterocycles. The molecule has 0 bridgehead atoms. The van der Waals surface area contributed by atoms with E-state index in [0.717, 1.165) is 18.2 Å². The van der Waals surface area contributed by atoms with Gasteiger partial charge in [-0.3, -0.25) is 24.6 Å². The summed E-state index contributed by atoms with van der Waals surface area (Å²) in [4.78, 5) is 35.2. The van der Waals surface area contributed by atoms with Crippen LogP contribution in [0.2, 0.25) is 5.02 Å². The summed E-state index contributed by atoms with van der Waals surface area (Å²) in [6.45, 7) is -0.841. The predicted octanol–water partition coefficient (Wildman–Crippen LogP) is 3.93. The van der Waals surface area contributed by atoms with Gasteiger partial charge in [0.25, 0.3) is 11.6 Å². The van der Waals surface area contributed by atoms with Gasteiger partial charge in [0.15, 0.2) is 6.61 Å². The van der Waals surface area contributed by atoms with Crippen LogP contribution in [-0.4, -0.2) is 35.6 Å². The second-order valence-corrected chi connectivity index (χ2v) is 6.66. The molecule has 0 fully saturated rings. The van der Waals surface area contributed by atoms with Gasteiger partial charge in [0.05, 0.1) is 27.7 Å². The number of benzene rings is 2. The number of hydrogen-bond acceptors (Lipinski definition) is 5. The number of alkyl halides is 3. The summed E-state index contributed by atoms with van der Waals surface area (Å²) < 4.78 is 46.2. The summed E-state index contributed by atoms with van der Waals surface area (Å²) in [5.41, 5.74) is -0.396. The van der Waals surface area contributed by atoms with E-state index in [-0.39, 0.29) is 27.8 Å². The van der Waals surface area contributed by atoms with Crippen LogP contribution >= 0.6 is 11.6 Å². The molecular formula is C18H13ClF3N3O5. The normalized spacial score (nSPS) is 16.3. The average Bonchev–Trinajstić information content (AvgIpc) is 2.82. The second kappa shape index (κ2) is 8.19. The van der Waals surface area contributed by atoms with Crippen LogP contribution in [0.5, 0.6) is 5.75 Å². The second-order valence-electron chi connectivity index (χ2n) is 6.25.